The Labute approximate surface area is 186 Å². The molecule has 0 unspecified atom stereocenters. The molecule has 2 heterocycles. The van der Waals surface area contributed by atoms with Gasteiger partial charge in [0, 0.05) is 10.4 Å². The molecule has 5 atom stereocenters. The Kier molecular flexibility index (Phi) is 5.59. The van der Waals surface area contributed by atoms with Crippen LogP contribution in [-0.2, 0) is 27.9 Å². The maximum Gasteiger partial charge on any atom is 0.113 e. The number of aliphatic hydroxyl groups is 4. The fourth-order valence-electron chi connectivity index (χ4n) is 4.90. The van der Waals surface area contributed by atoms with E-state index in [1.807, 2.05) is 6.07 Å². The molecule has 1 saturated heterocycles. The number of ether oxygens (including phenoxy) is 2. The Hall–Kier alpha value is -1.51. The summed E-state index contributed by atoms with van der Waals surface area (Å²) in [7, 11) is 0. The normalized spacial score (nSPS) is 31.5. The second-order valence-electron chi connectivity index (χ2n) is 9.04. The van der Waals surface area contributed by atoms with Gasteiger partial charge < -0.3 is 29.9 Å². The lowest BCUT2D eigenvalue weighted by Gasteiger charge is -2.40. The topological polar surface area (TPSA) is 99.4 Å². The summed E-state index contributed by atoms with van der Waals surface area (Å²) >= 11 is 6.47. The molecule has 3 aliphatic rings. The maximum atomic E-state index is 10.4. The van der Waals surface area contributed by atoms with Crippen LogP contribution in [0.5, 0.6) is 0 Å². The summed E-state index contributed by atoms with van der Waals surface area (Å²) in [6.45, 7) is 0.983. The Morgan fingerprint density at radius 1 is 1.00 bits per heavy atom. The second kappa shape index (κ2) is 8.12. The maximum absolute atomic E-state index is 10.4. The highest BCUT2D eigenvalue weighted by atomic mass is 35.5. The van der Waals surface area contributed by atoms with Gasteiger partial charge in [0.1, 0.15) is 30.5 Å². The summed E-state index contributed by atoms with van der Waals surface area (Å²) in [4.78, 5) is 0. The van der Waals surface area contributed by atoms with Gasteiger partial charge in [-0.05, 0) is 53.1 Å². The van der Waals surface area contributed by atoms with E-state index in [4.69, 9.17) is 21.1 Å². The Balaban J connectivity index is 1.41. The van der Waals surface area contributed by atoms with E-state index in [9.17, 15) is 20.4 Å². The lowest BCUT2D eigenvalue weighted by molar-refractivity contribution is -0.231. The van der Waals surface area contributed by atoms with Crippen molar-refractivity contribution in [3.63, 3.8) is 0 Å². The van der Waals surface area contributed by atoms with Gasteiger partial charge in [0.2, 0.25) is 0 Å². The summed E-state index contributed by atoms with van der Waals surface area (Å²) in [5.74, 6) is 0. The van der Waals surface area contributed by atoms with Gasteiger partial charge in [0.25, 0.3) is 0 Å². The van der Waals surface area contributed by atoms with Crippen molar-refractivity contribution in [1.29, 1.82) is 0 Å². The lowest BCUT2D eigenvalue weighted by Crippen LogP contribution is -2.55. The van der Waals surface area contributed by atoms with Crippen LogP contribution in [0.2, 0.25) is 5.02 Å². The first-order valence-electron chi connectivity index (χ1n) is 10.7. The van der Waals surface area contributed by atoms with Crippen LogP contribution < -0.4 is 0 Å². The Morgan fingerprint density at radius 2 is 1.81 bits per heavy atom. The minimum atomic E-state index is -1.41. The van der Waals surface area contributed by atoms with Crippen molar-refractivity contribution < 1.29 is 29.9 Å². The molecular weight excluding hydrogens is 420 g/mol. The SMILES string of the molecule is OC[C@H]1O[C@@H](c2ccc(Cl)c(Cc3ccc4c(c3)COCC43CC3)c2)[C@H](O)[C@@H](O)[C@@H]1O. The number of rotatable bonds is 4. The first-order valence-corrected chi connectivity index (χ1v) is 11.1. The van der Waals surface area contributed by atoms with Crippen molar-refractivity contribution in [1.82, 2.24) is 0 Å². The average Bonchev–Trinajstić information content (AvgIpc) is 3.54. The molecule has 0 aromatic heterocycles. The van der Waals surface area contributed by atoms with E-state index >= 15 is 0 Å². The van der Waals surface area contributed by atoms with E-state index in [1.165, 1.54) is 24.0 Å². The van der Waals surface area contributed by atoms with Gasteiger partial charge in [-0.25, -0.2) is 0 Å². The third kappa shape index (κ3) is 3.80. The van der Waals surface area contributed by atoms with E-state index in [0.29, 0.717) is 23.6 Å². The van der Waals surface area contributed by atoms with Crippen LogP contribution >= 0.6 is 11.6 Å². The van der Waals surface area contributed by atoms with Crippen molar-refractivity contribution in [2.75, 3.05) is 13.2 Å². The molecule has 166 valence electrons. The highest BCUT2D eigenvalue weighted by Gasteiger charge is 2.47. The Bertz CT molecular complexity index is 973. The summed E-state index contributed by atoms with van der Waals surface area (Å²) in [6, 6.07) is 11.9. The molecular formula is C24H27ClO6. The van der Waals surface area contributed by atoms with Crippen molar-refractivity contribution in [3.05, 3.63) is 69.2 Å². The molecule has 0 bridgehead atoms. The largest absolute Gasteiger partial charge is 0.394 e. The average molecular weight is 447 g/mol. The molecule has 5 rings (SSSR count). The van der Waals surface area contributed by atoms with Crippen molar-refractivity contribution in [2.24, 2.45) is 0 Å². The van der Waals surface area contributed by atoms with Gasteiger partial charge in [-0.15, -0.1) is 0 Å². The number of aliphatic hydroxyl groups excluding tert-OH is 4. The van der Waals surface area contributed by atoms with E-state index < -0.39 is 37.1 Å². The van der Waals surface area contributed by atoms with E-state index in [1.54, 1.807) is 12.1 Å². The summed E-state index contributed by atoms with van der Waals surface area (Å²) < 4.78 is 11.5. The van der Waals surface area contributed by atoms with Crippen molar-refractivity contribution in [2.45, 2.75) is 61.8 Å². The van der Waals surface area contributed by atoms with Gasteiger partial charge in [0.05, 0.1) is 19.8 Å². The molecule has 6 nitrogen and oxygen atoms in total. The minimum absolute atomic E-state index is 0.229. The van der Waals surface area contributed by atoms with Gasteiger partial charge in [-0.2, -0.15) is 0 Å². The van der Waals surface area contributed by atoms with Crippen LogP contribution in [0.3, 0.4) is 0 Å². The fraction of sp³-hybridized carbons (Fsp3) is 0.500. The number of benzene rings is 2. The predicted octanol–water partition coefficient (Wildman–Crippen LogP) is 2.01. The molecule has 2 aliphatic heterocycles. The zero-order chi connectivity index (χ0) is 21.8. The minimum Gasteiger partial charge on any atom is -0.394 e. The lowest BCUT2D eigenvalue weighted by atomic mass is 9.87. The monoisotopic (exact) mass is 446 g/mol. The van der Waals surface area contributed by atoms with E-state index in [0.717, 1.165) is 17.7 Å². The van der Waals surface area contributed by atoms with Crippen LogP contribution in [0.15, 0.2) is 36.4 Å². The molecule has 1 spiro atoms. The van der Waals surface area contributed by atoms with E-state index in [2.05, 4.69) is 18.2 Å². The third-order valence-corrected chi connectivity index (χ3v) is 7.28. The molecule has 7 heteroatoms. The summed E-state index contributed by atoms with van der Waals surface area (Å²) in [6.07, 6.45) is -2.96. The van der Waals surface area contributed by atoms with Crippen LogP contribution in [0.25, 0.3) is 0 Å². The highest BCUT2D eigenvalue weighted by molar-refractivity contribution is 6.31. The molecule has 2 aromatic carbocycles. The number of fused-ring (bicyclic) bond motifs is 2. The van der Waals surface area contributed by atoms with Gasteiger partial charge >= 0.3 is 0 Å². The molecule has 0 amide bonds. The smallest absolute Gasteiger partial charge is 0.113 e. The molecule has 4 N–H and O–H groups in total. The first-order chi connectivity index (χ1) is 14.9. The number of halogens is 1. The van der Waals surface area contributed by atoms with E-state index in [-0.39, 0.29) is 5.41 Å². The van der Waals surface area contributed by atoms with Gasteiger partial charge in [-0.1, -0.05) is 41.9 Å². The zero-order valence-electron chi connectivity index (χ0n) is 17.1. The predicted molar refractivity (Wildman–Crippen MR) is 114 cm³/mol. The van der Waals surface area contributed by atoms with Crippen LogP contribution in [-0.4, -0.2) is 58.1 Å². The summed E-state index contributed by atoms with van der Waals surface area (Å²) in [5, 5.41) is 40.6. The number of hydrogen-bond acceptors (Lipinski definition) is 6. The third-order valence-electron chi connectivity index (χ3n) is 6.92. The fourth-order valence-corrected chi connectivity index (χ4v) is 5.08. The first kappa shape index (κ1) is 21.3. The molecule has 31 heavy (non-hydrogen) atoms. The quantitative estimate of drug-likeness (QED) is 0.573. The molecule has 1 aliphatic carbocycles. The van der Waals surface area contributed by atoms with Gasteiger partial charge in [-0.3, -0.25) is 0 Å². The molecule has 1 saturated carbocycles. The molecule has 2 aromatic rings. The summed E-state index contributed by atoms with van der Waals surface area (Å²) in [5.41, 5.74) is 5.50. The Morgan fingerprint density at radius 3 is 2.55 bits per heavy atom. The zero-order valence-corrected chi connectivity index (χ0v) is 17.8. The van der Waals surface area contributed by atoms with Crippen LogP contribution in [0.4, 0.5) is 0 Å². The van der Waals surface area contributed by atoms with Crippen molar-refractivity contribution >= 4 is 11.6 Å². The van der Waals surface area contributed by atoms with Crippen LogP contribution in [0, 0.1) is 0 Å². The molecule has 2 fully saturated rings. The van der Waals surface area contributed by atoms with Crippen LogP contribution in [0.1, 0.15) is 46.8 Å². The second-order valence-corrected chi connectivity index (χ2v) is 9.45. The number of hydrogen-bond donors (Lipinski definition) is 4. The van der Waals surface area contributed by atoms with Crippen molar-refractivity contribution in [3.8, 4) is 0 Å². The van der Waals surface area contributed by atoms with Gasteiger partial charge in [0.15, 0.2) is 0 Å². The highest BCUT2D eigenvalue weighted by Crippen LogP contribution is 2.51. The standard InChI is InChI=1S/C24H27ClO6/c25-18-4-2-14(23-22(29)21(28)20(27)19(10-26)31-23)9-15(18)7-13-1-3-17-16(8-13)11-30-12-24(17)5-6-24/h1-4,8-9,19-23,26-29H,5-7,10-12H2/t19-,20-,21+,22-,23+/m1/s1. The molecule has 0 radical (unpaired) electrons.